The van der Waals surface area contributed by atoms with Gasteiger partial charge in [0.1, 0.15) is 6.26 Å². The Morgan fingerprint density at radius 3 is 2.96 bits per heavy atom. The molecule has 0 unspecified atom stereocenters. The number of hydrogen-bond acceptors (Lipinski definition) is 6. The lowest BCUT2D eigenvalue weighted by Gasteiger charge is -2.43. The SMILES string of the molecule is CO[C@]12CC[C@H](OCC3CC3)C[C@H]1N(Cc1nc(C(=O)O)co1)CC2. The summed E-state index contributed by atoms with van der Waals surface area (Å²) >= 11 is 0. The van der Waals surface area contributed by atoms with Crippen LogP contribution in [0.1, 0.15) is 54.9 Å². The highest BCUT2D eigenvalue weighted by molar-refractivity contribution is 5.84. The molecule has 3 aliphatic rings. The number of likely N-dealkylation sites (tertiary alicyclic amines) is 1. The predicted octanol–water partition coefficient (Wildman–Crippen LogP) is 2.31. The second-order valence-corrected chi connectivity index (χ2v) is 7.61. The number of ether oxygens (including phenoxy) is 2. The van der Waals surface area contributed by atoms with Crippen LogP contribution in [0.5, 0.6) is 0 Å². The van der Waals surface area contributed by atoms with Crippen LogP contribution in [0.4, 0.5) is 0 Å². The van der Waals surface area contributed by atoms with Crippen molar-refractivity contribution in [1.82, 2.24) is 9.88 Å². The lowest BCUT2D eigenvalue weighted by molar-refractivity contribution is -0.103. The Labute approximate surface area is 147 Å². The van der Waals surface area contributed by atoms with Crippen LogP contribution in [-0.2, 0) is 16.0 Å². The topological polar surface area (TPSA) is 85.0 Å². The molecule has 3 fully saturated rings. The van der Waals surface area contributed by atoms with Crippen molar-refractivity contribution in [1.29, 1.82) is 0 Å². The fourth-order valence-corrected chi connectivity index (χ4v) is 4.31. The van der Waals surface area contributed by atoms with Gasteiger partial charge in [0.25, 0.3) is 0 Å². The minimum atomic E-state index is -1.06. The van der Waals surface area contributed by atoms with Crippen LogP contribution in [0, 0.1) is 5.92 Å². The molecule has 2 heterocycles. The summed E-state index contributed by atoms with van der Waals surface area (Å²) < 4.78 is 17.4. The summed E-state index contributed by atoms with van der Waals surface area (Å²) in [5, 5.41) is 9.00. The van der Waals surface area contributed by atoms with Gasteiger partial charge in [0.05, 0.1) is 18.2 Å². The molecule has 25 heavy (non-hydrogen) atoms. The molecule has 2 saturated carbocycles. The maximum atomic E-state index is 11.0. The van der Waals surface area contributed by atoms with Crippen molar-refractivity contribution in [3.05, 3.63) is 17.8 Å². The van der Waals surface area contributed by atoms with Crippen molar-refractivity contribution in [2.75, 3.05) is 20.3 Å². The van der Waals surface area contributed by atoms with E-state index in [9.17, 15) is 4.79 Å². The van der Waals surface area contributed by atoms with E-state index in [0.29, 0.717) is 12.4 Å². The molecule has 1 aromatic heterocycles. The number of carboxylic acid groups (broad SMARTS) is 1. The molecular formula is C18H26N2O5. The van der Waals surface area contributed by atoms with E-state index in [4.69, 9.17) is 19.0 Å². The van der Waals surface area contributed by atoms with Crippen molar-refractivity contribution in [2.24, 2.45) is 5.92 Å². The van der Waals surface area contributed by atoms with Crippen LogP contribution < -0.4 is 0 Å². The van der Waals surface area contributed by atoms with E-state index >= 15 is 0 Å². The Morgan fingerprint density at radius 1 is 1.44 bits per heavy atom. The highest BCUT2D eigenvalue weighted by Gasteiger charge is 2.51. The molecule has 1 aromatic rings. The third kappa shape index (κ3) is 3.45. The molecule has 138 valence electrons. The Bertz CT molecular complexity index is 629. The van der Waals surface area contributed by atoms with Gasteiger partial charge in [-0.2, -0.15) is 0 Å². The zero-order chi connectivity index (χ0) is 17.4. The van der Waals surface area contributed by atoms with E-state index in [1.54, 1.807) is 7.11 Å². The summed E-state index contributed by atoms with van der Waals surface area (Å²) in [7, 11) is 1.80. The molecule has 2 aliphatic carbocycles. The minimum Gasteiger partial charge on any atom is -0.476 e. The molecule has 7 heteroatoms. The number of methoxy groups -OCH3 is 1. The summed E-state index contributed by atoms with van der Waals surface area (Å²) in [5.41, 5.74) is -0.164. The standard InChI is InChI=1S/C18H26N2O5/c1-23-18-5-4-13(24-10-12-2-3-12)8-15(18)20(7-6-18)9-16-19-14(11-25-16)17(21)22/h11-13,15H,2-10H2,1H3,(H,21,22)/t13-,15+,18-/m0/s1. The van der Waals surface area contributed by atoms with Crippen molar-refractivity contribution < 1.29 is 23.8 Å². The lowest BCUT2D eigenvalue weighted by atomic mass is 9.79. The van der Waals surface area contributed by atoms with Gasteiger partial charge in [-0.25, -0.2) is 9.78 Å². The number of rotatable bonds is 7. The molecule has 4 rings (SSSR count). The number of carboxylic acids is 1. The van der Waals surface area contributed by atoms with Crippen LogP contribution in [-0.4, -0.2) is 59.0 Å². The van der Waals surface area contributed by atoms with Crippen LogP contribution in [0.2, 0.25) is 0 Å². The maximum Gasteiger partial charge on any atom is 0.357 e. The van der Waals surface area contributed by atoms with Gasteiger partial charge in [-0.15, -0.1) is 0 Å². The highest BCUT2D eigenvalue weighted by Crippen LogP contribution is 2.44. The molecule has 3 atom stereocenters. The zero-order valence-electron chi connectivity index (χ0n) is 14.6. The van der Waals surface area contributed by atoms with Gasteiger partial charge in [-0.05, 0) is 44.4 Å². The second-order valence-electron chi connectivity index (χ2n) is 7.61. The molecule has 7 nitrogen and oxygen atoms in total. The van der Waals surface area contributed by atoms with Crippen LogP contribution in [0.3, 0.4) is 0 Å². The quantitative estimate of drug-likeness (QED) is 0.807. The summed E-state index contributed by atoms with van der Waals surface area (Å²) in [6.07, 6.45) is 8.09. The third-order valence-corrected chi connectivity index (χ3v) is 6.03. The first-order valence-electron chi connectivity index (χ1n) is 9.18. The average Bonchev–Trinajstić information content (AvgIpc) is 3.21. The lowest BCUT2D eigenvalue weighted by Crippen LogP contribution is -2.51. The van der Waals surface area contributed by atoms with Gasteiger partial charge in [-0.1, -0.05) is 0 Å². The molecule has 1 N–H and O–H groups in total. The van der Waals surface area contributed by atoms with E-state index in [1.165, 1.54) is 19.1 Å². The molecule has 0 bridgehead atoms. The van der Waals surface area contributed by atoms with Crippen LogP contribution in [0.15, 0.2) is 10.7 Å². The first-order valence-corrected chi connectivity index (χ1v) is 9.18. The highest BCUT2D eigenvalue weighted by atomic mass is 16.5. The summed E-state index contributed by atoms with van der Waals surface area (Å²) in [5.74, 6) is 0.162. The Hall–Kier alpha value is -1.44. The Kier molecular flexibility index (Phi) is 4.56. The van der Waals surface area contributed by atoms with E-state index < -0.39 is 5.97 Å². The first kappa shape index (κ1) is 17.0. The molecule has 0 aromatic carbocycles. The smallest absolute Gasteiger partial charge is 0.357 e. The third-order valence-electron chi connectivity index (χ3n) is 6.03. The van der Waals surface area contributed by atoms with E-state index in [1.807, 2.05) is 0 Å². The predicted molar refractivity (Wildman–Crippen MR) is 88.3 cm³/mol. The van der Waals surface area contributed by atoms with Gasteiger partial charge >= 0.3 is 5.97 Å². The number of carbonyl (C=O) groups is 1. The molecule has 1 aliphatic heterocycles. The van der Waals surface area contributed by atoms with Crippen LogP contribution in [0.25, 0.3) is 0 Å². The number of oxazole rings is 1. The van der Waals surface area contributed by atoms with Crippen molar-refractivity contribution >= 4 is 5.97 Å². The minimum absolute atomic E-state index is 0.0403. The maximum absolute atomic E-state index is 11.0. The monoisotopic (exact) mass is 350 g/mol. The molecular weight excluding hydrogens is 324 g/mol. The Morgan fingerprint density at radius 2 is 2.28 bits per heavy atom. The summed E-state index contributed by atoms with van der Waals surface area (Å²) in [6, 6.07) is 0.260. The number of aromatic carboxylic acids is 1. The number of fused-ring (bicyclic) bond motifs is 1. The van der Waals surface area contributed by atoms with E-state index in [-0.39, 0.29) is 23.4 Å². The van der Waals surface area contributed by atoms with Crippen LogP contribution >= 0.6 is 0 Å². The van der Waals surface area contributed by atoms with Crippen molar-refractivity contribution in [2.45, 2.75) is 62.8 Å². The van der Waals surface area contributed by atoms with Gasteiger partial charge in [0.15, 0.2) is 5.69 Å². The van der Waals surface area contributed by atoms with Gasteiger partial charge in [0.2, 0.25) is 5.89 Å². The van der Waals surface area contributed by atoms with E-state index in [2.05, 4.69) is 9.88 Å². The normalized spacial score (nSPS) is 32.7. The first-order chi connectivity index (χ1) is 12.1. The molecule has 0 amide bonds. The molecule has 0 radical (unpaired) electrons. The Balaban J connectivity index is 1.43. The number of aromatic nitrogens is 1. The van der Waals surface area contributed by atoms with Crippen molar-refractivity contribution in [3.63, 3.8) is 0 Å². The molecule has 1 saturated heterocycles. The van der Waals surface area contributed by atoms with Crippen molar-refractivity contribution in [3.8, 4) is 0 Å². The van der Waals surface area contributed by atoms with Gasteiger partial charge < -0.3 is 19.0 Å². The van der Waals surface area contributed by atoms with Gasteiger partial charge in [-0.3, -0.25) is 4.90 Å². The summed E-state index contributed by atoms with van der Waals surface area (Å²) in [6.45, 7) is 2.30. The fraction of sp³-hybridized carbons (Fsp3) is 0.778. The fourth-order valence-electron chi connectivity index (χ4n) is 4.31. The molecule has 0 spiro atoms. The zero-order valence-corrected chi connectivity index (χ0v) is 14.6. The van der Waals surface area contributed by atoms with E-state index in [0.717, 1.165) is 44.8 Å². The number of nitrogens with zero attached hydrogens (tertiary/aromatic N) is 2. The average molecular weight is 350 g/mol. The largest absolute Gasteiger partial charge is 0.476 e. The van der Waals surface area contributed by atoms with Gasteiger partial charge in [0, 0.05) is 26.3 Å². The number of hydrogen-bond donors (Lipinski definition) is 1. The second kappa shape index (κ2) is 6.70. The summed E-state index contributed by atoms with van der Waals surface area (Å²) in [4.78, 5) is 17.4.